The van der Waals surface area contributed by atoms with Gasteiger partial charge in [0.05, 0.1) is 6.34 Å². The van der Waals surface area contributed by atoms with E-state index in [1.807, 2.05) is 30.3 Å². The Labute approximate surface area is 187 Å². The normalized spacial score (nSPS) is 15.2. The molecule has 0 aliphatic carbocycles. The van der Waals surface area contributed by atoms with Crippen molar-refractivity contribution >= 4 is 46.7 Å². The minimum Gasteiger partial charge on any atom is -0.445 e. The maximum atomic E-state index is 13.8. The number of alkyl halides is 1. The highest BCUT2D eigenvalue weighted by molar-refractivity contribution is 14.1. The second-order valence-electron chi connectivity index (χ2n) is 6.85. The number of ether oxygens (including phenoxy) is 1. The van der Waals surface area contributed by atoms with Crippen LogP contribution in [-0.2, 0) is 11.3 Å². The van der Waals surface area contributed by atoms with Gasteiger partial charge in [0, 0.05) is 18.8 Å². The molecule has 7 nitrogen and oxygen atoms in total. The summed E-state index contributed by atoms with van der Waals surface area (Å²) in [7, 11) is 0. The third-order valence-electron chi connectivity index (χ3n) is 4.86. The summed E-state index contributed by atoms with van der Waals surface area (Å²) in [6, 6.07) is 14.7. The van der Waals surface area contributed by atoms with Crippen molar-refractivity contribution in [1.29, 1.82) is 5.41 Å². The molecule has 3 rings (SSSR count). The van der Waals surface area contributed by atoms with Gasteiger partial charge in [0.1, 0.15) is 16.0 Å². The molecule has 9 heteroatoms. The first kappa shape index (κ1) is 22.0. The second kappa shape index (κ2) is 9.88. The molecule has 0 aromatic heterocycles. The number of nitrogens with zero attached hydrogens (tertiary/aromatic N) is 2. The van der Waals surface area contributed by atoms with E-state index in [2.05, 4.69) is 27.9 Å². The number of hydrogen-bond donors (Lipinski definition) is 2. The zero-order chi connectivity index (χ0) is 21.6. The van der Waals surface area contributed by atoms with Gasteiger partial charge in [0.25, 0.3) is 0 Å². The highest BCUT2D eigenvalue weighted by atomic mass is 127. The molecule has 0 saturated carbocycles. The van der Waals surface area contributed by atoms with Gasteiger partial charge in [-0.25, -0.2) is 14.0 Å². The molecule has 1 heterocycles. The Morgan fingerprint density at radius 3 is 2.53 bits per heavy atom. The Morgan fingerprint density at radius 1 is 1.20 bits per heavy atom. The second-order valence-corrected chi connectivity index (χ2v) is 8.86. The summed E-state index contributed by atoms with van der Waals surface area (Å²) >= 11 is 2.18. The first-order valence-electron chi connectivity index (χ1n) is 9.43. The van der Waals surface area contributed by atoms with Gasteiger partial charge in [-0.3, -0.25) is 15.6 Å². The minimum absolute atomic E-state index is 0.197. The number of rotatable bonds is 5. The molecule has 30 heavy (non-hydrogen) atoms. The Kier molecular flexibility index (Phi) is 7.24. The number of piperidine rings is 1. The molecule has 0 atom stereocenters. The zero-order valence-corrected chi connectivity index (χ0v) is 18.3. The van der Waals surface area contributed by atoms with Crippen LogP contribution in [-0.4, -0.2) is 40.0 Å². The Bertz CT molecular complexity index is 904. The number of halogens is 2. The fraction of sp³-hybridized carbons (Fsp3) is 0.286. The molecular formula is C21H22FIN4O3. The van der Waals surface area contributed by atoms with Gasteiger partial charge in [0.15, 0.2) is 0 Å². The Hall–Kier alpha value is -2.69. The first-order valence-corrected chi connectivity index (χ1v) is 10.5. The van der Waals surface area contributed by atoms with E-state index in [9.17, 15) is 14.0 Å². The van der Waals surface area contributed by atoms with E-state index < -0.39 is 21.5 Å². The summed E-state index contributed by atoms with van der Waals surface area (Å²) in [4.78, 5) is 28.2. The molecule has 2 N–H and O–H groups in total. The lowest BCUT2D eigenvalue weighted by Crippen LogP contribution is -2.57. The summed E-state index contributed by atoms with van der Waals surface area (Å²) in [5, 5.41) is 9.54. The van der Waals surface area contributed by atoms with E-state index in [-0.39, 0.29) is 6.61 Å². The highest BCUT2D eigenvalue weighted by Crippen LogP contribution is 2.39. The topological polar surface area (TPSA) is 85.7 Å². The van der Waals surface area contributed by atoms with Gasteiger partial charge in [-0.05, 0) is 36.6 Å². The molecule has 0 unspecified atom stereocenters. The van der Waals surface area contributed by atoms with Crippen LogP contribution in [0.5, 0.6) is 0 Å². The van der Waals surface area contributed by atoms with Crippen molar-refractivity contribution in [3.63, 3.8) is 0 Å². The molecule has 0 spiro atoms. The SMILES string of the molecule is N=CNC(=O)N(c1cccc(F)c1)C1(I)CCN(C(=O)OCc2ccccc2)CC1. The summed E-state index contributed by atoms with van der Waals surface area (Å²) < 4.78 is 18.5. The zero-order valence-electron chi connectivity index (χ0n) is 16.2. The van der Waals surface area contributed by atoms with Gasteiger partial charge >= 0.3 is 12.1 Å². The van der Waals surface area contributed by atoms with Crippen molar-refractivity contribution in [3.8, 4) is 0 Å². The highest BCUT2D eigenvalue weighted by Gasteiger charge is 2.42. The van der Waals surface area contributed by atoms with E-state index >= 15 is 0 Å². The van der Waals surface area contributed by atoms with Gasteiger partial charge in [0.2, 0.25) is 0 Å². The first-order chi connectivity index (χ1) is 14.4. The predicted octanol–water partition coefficient (Wildman–Crippen LogP) is 4.51. The molecular weight excluding hydrogens is 502 g/mol. The lowest BCUT2D eigenvalue weighted by molar-refractivity contribution is 0.0863. The number of likely N-dealkylation sites (tertiary alicyclic amines) is 1. The standard InChI is InChI=1S/C21H22FIN4O3/c22-17-7-4-8-18(13-17)27(19(28)25-15-24)21(23)9-11-26(12-10-21)20(29)30-14-16-5-2-1-3-6-16/h1-8,13,15H,9-12,14H2,(H2,24,25,28). The lowest BCUT2D eigenvalue weighted by Gasteiger charge is -2.44. The maximum Gasteiger partial charge on any atom is 0.410 e. The lowest BCUT2D eigenvalue weighted by atomic mass is 10.0. The van der Waals surface area contributed by atoms with Crippen molar-refractivity contribution in [2.24, 2.45) is 0 Å². The van der Waals surface area contributed by atoms with Crippen molar-refractivity contribution in [3.05, 3.63) is 66.0 Å². The fourth-order valence-corrected chi connectivity index (χ4v) is 4.32. The van der Waals surface area contributed by atoms with E-state index in [4.69, 9.17) is 10.1 Å². The summed E-state index contributed by atoms with van der Waals surface area (Å²) in [5.41, 5.74) is 1.30. The van der Waals surface area contributed by atoms with Gasteiger partial charge < -0.3 is 9.64 Å². The Balaban J connectivity index is 1.68. The number of hydrogen-bond acceptors (Lipinski definition) is 4. The number of anilines is 1. The van der Waals surface area contributed by atoms with Gasteiger partial charge in [-0.2, -0.15) is 0 Å². The van der Waals surface area contributed by atoms with Crippen LogP contribution < -0.4 is 10.2 Å². The number of carbonyl (C=O) groups excluding carboxylic acids is 2. The van der Waals surface area contributed by atoms with Crippen LogP contribution in [0, 0.1) is 11.2 Å². The molecule has 2 aromatic carbocycles. The summed E-state index contributed by atoms with van der Waals surface area (Å²) in [5.74, 6) is -0.456. The van der Waals surface area contributed by atoms with Crippen LogP contribution in [0.1, 0.15) is 18.4 Å². The predicted molar refractivity (Wildman–Crippen MR) is 120 cm³/mol. The average Bonchev–Trinajstić information content (AvgIpc) is 2.73. The smallest absolute Gasteiger partial charge is 0.410 e. The van der Waals surface area contributed by atoms with Crippen LogP contribution in [0.15, 0.2) is 54.6 Å². The van der Waals surface area contributed by atoms with Gasteiger partial charge in [-0.1, -0.05) is 59.0 Å². The minimum atomic E-state index is -0.686. The van der Waals surface area contributed by atoms with Crippen LogP contribution in [0.2, 0.25) is 0 Å². The number of amides is 3. The van der Waals surface area contributed by atoms with Crippen LogP contribution in [0.25, 0.3) is 0 Å². The molecule has 1 fully saturated rings. The van der Waals surface area contributed by atoms with Crippen molar-refractivity contribution in [2.45, 2.75) is 23.0 Å². The van der Waals surface area contributed by atoms with Gasteiger partial charge in [-0.15, -0.1) is 0 Å². The number of carbonyl (C=O) groups is 2. The monoisotopic (exact) mass is 524 g/mol. The summed E-state index contributed by atoms with van der Waals surface area (Å²) in [6.07, 6.45) is 1.33. The van der Waals surface area contributed by atoms with Crippen LogP contribution in [0.4, 0.5) is 19.7 Å². The molecule has 0 radical (unpaired) electrons. The molecule has 1 saturated heterocycles. The molecule has 2 aromatic rings. The quantitative estimate of drug-likeness (QED) is 0.199. The van der Waals surface area contributed by atoms with Crippen LogP contribution in [0.3, 0.4) is 0 Å². The molecule has 3 amide bonds. The van der Waals surface area contributed by atoms with Crippen molar-refractivity contribution in [2.75, 3.05) is 18.0 Å². The molecule has 1 aliphatic rings. The third kappa shape index (κ3) is 5.26. The largest absolute Gasteiger partial charge is 0.445 e. The average molecular weight is 524 g/mol. The fourth-order valence-electron chi connectivity index (χ4n) is 3.34. The molecule has 1 aliphatic heterocycles. The van der Waals surface area contributed by atoms with Crippen molar-refractivity contribution < 1.29 is 18.7 Å². The summed E-state index contributed by atoms with van der Waals surface area (Å²) in [6.45, 7) is 0.975. The number of urea groups is 1. The van der Waals surface area contributed by atoms with E-state index in [0.29, 0.717) is 31.6 Å². The van der Waals surface area contributed by atoms with E-state index in [0.717, 1.165) is 11.9 Å². The molecule has 158 valence electrons. The number of nitrogens with one attached hydrogen (secondary N) is 2. The van der Waals surface area contributed by atoms with E-state index in [1.165, 1.54) is 23.1 Å². The van der Waals surface area contributed by atoms with E-state index in [1.54, 1.807) is 11.0 Å². The number of benzene rings is 2. The molecule has 0 bridgehead atoms. The Morgan fingerprint density at radius 2 is 1.90 bits per heavy atom. The maximum absolute atomic E-state index is 13.8. The van der Waals surface area contributed by atoms with Crippen molar-refractivity contribution in [1.82, 2.24) is 10.2 Å². The van der Waals surface area contributed by atoms with Crippen LogP contribution >= 0.6 is 22.6 Å². The third-order valence-corrected chi connectivity index (χ3v) is 6.42.